The summed E-state index contributed by atoms with van der Waals surface area (Å²) in [6, 6.07) is 6.29. The van der Waals surface area contributed by atoms with Crippen LogP contribution in [-0.2, 0) is 0 Å². The van der Waals surface area contributed by atoms with Crippen LogP contribution in [0.5, 0.6) is 0 Å². The molecule has 0 unspecified atom stereocenters. The van der Waals surface area contributed by atoms with Gasteiger partial charge in [0.25, 0.3) is 0 Å². The van der Waals surface area contributed by atoms with Gasteiger partial charge in [0.2, 0.25) is 5.28 Å². The highest BCUT2D eigenvalue weighted by Crippen LogP contribution is 2.21. The Labute approximate surface area is 104 Å². The molecule has 0 aliphatic rings. The number of halogens is 2. The van der Waals surface area contributed by atoms with Crippen molar-refractivity contribution in [1.82, 2.24) is 9.97 Å². The highest BCUT2D eigenvalue weighted by molar-refractivity contribution is 6.28. The number of hydrogen-bond donors (Lipinski definition) is 1. The maximum atomic E-state index is 12.9. The van der Waals surface area contributed by atoms with Crippen molar-refractivity contribution in [1.29, 1.82) is 0 Å². The lowest BCUT2D eigenvalue weighted by Gasteiger charge is -2.09. The van der Waals surface area contributed by atoms with E-state index in [0.717, 1.165) is 16.9 Å². The zero-order valence-corrected chi connectivity index (χ0v) is 10.2. The van der Waals surface area contributed by atoms with Crippen molar-refractivity contribution in [2.75, 3.05) is 5.32 Å². The summed E-state index contributed by atoms with van der Waals surface area (Å²) in [5.74, 6) is 0.335. The number of anilines is 2. The molecule has 0 bridgehead atoms. The molecule has 5 heteroatoms. The van der Waals surface area contributed by atoms with Crippen LogP contribution in [-0.4, -0.2) is 9.97 Å². The molecule has 0 fully saturated rings. The minimum Gasteiger partial charge on any atom is -0.340 e. The van der Waals surface area contributed by atoms with E-state index < -0.39 is 0 Å². The maximum Gasteiger partial charge on any atom is 0.224 e. The van der Waals surface area contributed by atoms with Crippen molar-refractivity contribution >= 4 is 23.1 Å². The smallest absolute Gasteiger partial charge is 0.224 e. The molecule has 2 rings (SSSR count). The van der Waals surface area contributed by atoms with Gasteiger partial charge < -0.3 is 5.32 Å². The Kier molecular flexibility index (Phi) is 3.24. The van der Waals surface area contributed by atoms with E-state index in [1.165, 1.54) is 12.1 Å². The summed E-state index contributed by atoms with van der Waals surface area (Å²) in [4.78, 5) is 8.01. The van der Waals surface area contributed by atoms with Crippen LogP contribution in [0.15, 0.2) is 24.3 Å². The van der Waals surface area contributed by atoms with Gasteiger partial charge in [-0.15, -0.1) is 0 Å². The first-order valence-electron chi connectivity index (χ1n) is 5.09. The van der Waals surface area contributed by atoms with Crippen molar-refractivity contribution < 1.29 is 4.39 Å². The van der Waals surface area contributed by atoms with Crippen molar-refractivity contribution in [3.8, 4) is 0 Å². The molecular formula is C12H11ClFN3. The van der Waals surface area contributed by atoms with Crippen molar-refractivity contribution in [3.63, 3.8) is 0 Å². The van der Waals surface area contributed by atoms with Gasteiger partial charge in [-0.2, -0.15) is 0 Å². The summed E-state index contributed by atoms with van der Waals surface area (Å²) in [5, 5.41) is 3.27. The molecule has 0 saturated heterocycles. The topological polar surface area (TPSA) is 37.8 Å². The Balaban J connectivity index is 2.31. The number of nitrogens with zero attached hydrogens (tertiary/aromatic N) is 2. The van der Waals surface area contributed by atoms with Crippen LogP contribution in [0.2, 0.25) is 5.28 Å². The largest absolute Gasteiger partial charge is 0.340 e. The highest BCUT2D eigenvalue weighted by Gasteiger charge is 2.03. The van der Waals surface area contributed by atoms with Gasteiger partial charge in [0.05, 0.1) is 0 Å². The Morgan fingerprint density at radius 1 is 1.18 bits per heavy atom. The summed E-state index contributed by atoms with van der Waals surface area (Å²) in [7, 11) is 0. The summed E-state index contributed by atoms with van der Waals surface area (Å²) >= 11 is 5.76. The van der Waals surface area contributed by atoms with Gasteiger partial charge in [-0.25, -0.2) is 14.4 Å². The van der Waals surface area contributed by atoms with Crippen LogP contribution in [0.25, 0.3) is 0 Å². The molecule has 1 heterocycles. The highest BCUT2D eigenvalue weighted by atomic mass is 35.5. The number of aryl methyl sites for hydroxylation is 2. The van der Waals surface area contributed by atoms with E-state index in [4.69, 9.17) is 11.6 Å². The van der Waals surface area contributed by atoms with Crippen LogP contribution in [0.1, 0.15) is 11.3 Å². The van der Waals surface area contributed by atoms with E-state index in [-0.39, 0.29) is 11.1 Å². The van der Waals surface area contributed by atoms with Crippen molar-refractivity contribution in [2.24, 2.45) is 0 Å². The number of nitrogens with one attached hydrogen (secondary N) is 1. The van der Waals surface area contributed by atoms with Gasteiger partial charge in [0, 0.05) is 17.4 Å². The predicted octanol–water partition coefficient (Wildman–Crippen LogP) is 3.63. The third-order valence-corrected chi connectivity index (χ3v) is 2.45. The molecule has 0 atom stereocenters. The lowest BCUT2D eigenvalue weighted by atomic mass is 10.2. The third-order valence-electron chi connectivity index (χ3n) is 2.28. The molecule has 1 aromatic carbocycles. The van der Waals surface area contributed by atoms with Gasteiger partial charge in [0.1, 0.15) is 11.6 Å². The van der Waals surface area contributed by atoms with Crippen LogP contribution < -0.4 is 5.32 Å². The van der Waals surface area contributed by atoms with Gasteiger partial charge >= 0.3 is 0 Å². The van der Waals surface area contributed by atoms with Crippen molar-refractivity contribution in [2.45, 2.75) is 13.8 Å². The first-order chi connectivity index (χ1) is 8.04. The Morgan fingerprint density at radius 2 is 1.94 bits per heavy atom. The minimum absolute atomic E-state index is 0.187. The van der Waals surface area contributed by atoms with Gasteiger partial charge in [-0.05, 0) is 49.2 Å². The molecule has 2 aromatic rings. The molecule has 0 aliphatic carbocycles. The van der Waals surface area contributed by atoms with Crippen LogP contribution in [0.4, 0.5) is 15.9 Å². The molecule has 1 N–H and O–H groups in total. The minimum atomic E-state index is -0.259. The van der Waals surface area contributed by atoms with E-state index in [2.05, 4.69) is 15.3 Å². The average Bonchev–Trinajstić information content (AvgIpc) is 2.21. The van der Waals surface area contributed by atoms with Gasteiger partial charge in [-0.3, -0.25) is 0 Å². The lowest BCUT2D eigenvalue weighted by molar-refractivity contribution is 0.627. The molecule has 0 amide bonds. The predicted molar refractivity (Wildman–Crippen MR) is 66.2 cm³/mol. The second kappa shape index (κ2) is 4.67. The molecule has 1 aromatic heterocycles. The van der Waals surface area contributed by atoms with Crippen LogP contribution in [0, 0.1) is 19.7 Å². The lowest BCUT2D eigenvalue weighted by Crippen LogP contribution is -1.98. The Bertz CT molecular complexity index is 537. The summed E-state index contributed by atoms with van der Waals surface area (Å²) in [6.45, 7) is 3.65. The summed E-state index contributed by atoms with van der Waals surface area (Å²) in [5.41, 5.74) is 2.37. The average molecular weight is 252 g/mol. The summed E-state index contributed by atoms with van der Waals surface area (Å²) < 4.78 is 12.9. The normalized spacial score (nSPS) is 10.4. The number of benzene rings is 1. The second-order valence-corrected chi connectivity index (χ2v) is 4.09. The Morgan fingerprint density at radius 3 is 2.59 bits per heavy atom. The zero-order chi connectivity index (χ0) is 12.4. The Hall–Kier alpha value is -1.68. The standard InChI is InChI=1S/C12H11ClFN3/c1-7-5-9(14)3-4-10(7)16-11-6-8(2)15-12(13)17-11/h3-6H,1-2H3,(H,15,16,17). The second-order valence-electron chi connectivity index (χ2n) is 3.75. The monoisotopic (exact) mass is 251 g/mol. The van der Waals surface area contributed by atoms with E-state index >= 15 is 0 Å². The molecule has 0 aliphatic heterocycles. The molecule has 0 spiro atoms. The fraction of sp³-hybridized carbons (Fsp3) is 0.167. The number of rotatable bonds is 2. The molecular weight excluding hydrogens is 241 g/mol. The molecule has 0 saturated carbocycles. The fourth-order valence-corrected chi connectivity index (χ4v) is 1.73. The van der Waals surface area contributed by atoms with E-state index in [1.807, 2.05) is 13.8 Å². The maximum absolute atomic E-state index is 12.9. The number of aromatic nitrogens is 2. The first-order valence-corrected chi connectivity index (χ1v) is 5.47. The van der Waals surface area contributed by atoms with Crippen LogP contribution >= 0.6 is 11.6 Å². The van der Waals surface area contributed by atoms with Crippen LogP contribution in [0.3, 0.4) is 0 Å². The number of hydrogen-bond acceptors (Lipinski definition) is 3. The SMILES string of the molecule is Cc1cc(Nc2ccc(F)cc2C)nc(Cl)n1. The molecule has 88 valence electrons. The summed E-state index contributed by atoms with van der Waals surface area (Å²) in [6.07, 6.45) is 0. The fourth-order valence-electron chi connectivity index (χ4n) is 1.50. The molecule has 0 radical (unpaired) electrons. The van der Waals surface area contributed by atoms with E-state index in [1.54, 1.807) is 12.1 Å². The third kappa shape index (κ3) is 2.91. The first kappa shape index (κ1) is 11.8. The van der Waals surface area contributed by atoms with Gasteiger partial charge in [0.15, 0.2) is 0 Å². The van der Waals surface area contributed by atoms with Gasteiger partial charge in [-0.1, -0.05) is 0 Å². The molecule has 17 heavy (non-hydrogen) atoms. The quantitative estimate of drug-likeness (QED) is 0.829. The van der Waals surface area contributed by atoms with Crippen molar-refractivity contribution in [3.05, 3.63) is 46.6 Å². The zero-order valence-electron chi connectivity index (χ0n) is 9.46. The van der Waals surface area contributed by atoms with E-state index in [9.17, 15) is 4.39 Å². The molecule has 3 nitrogen and oxygen atoms in total. The van der Waals surface area contributed by atoms with E-state index in [0.29, 0.717) is 5.82 Å².